The Morgan fingerprint density at radius 1 is 1.50 bits per heavy atom. The Morgan fingerprint density at radius 3 is 2.56 bits per heavy atom. The maximum absolute atomic E-state index is 11.3. The summed E-state index contributed by atoms with van der Waals surface area (Å²) in [6.07, 6.45) is -0.0840. The normalized spacial score (nSPS) is 20.4. The van der Waals surface area contributed by atoms with Crippen molar-refractivity contribution < 1.29 is 28.9 Å². The Balaban J connectivity index is 2.28. The predicted molar refractivity (Wildman–Crippen MR) is 51.5 cm³/mol. The zero-order chi connectivity index (χ0) is 12.2. The van der Waals surface area contributed by atoms with Gasteiger partial charge in [0, 0.05) is 0 Å². The van der Waals surface area contributed by atoms with E-state index >= 15 is 0 Å². The van der Waals surface area contributed by atoms with Crippen LogP contribution >= 0.6 is 0 Å². The average molecular weight is 233 g/mol. The maximum Gasteiger partial charge on any atom is 0.324 e. The van der Waals surface area contributed by atoms with Crippen LogP contribution in [0, 0.1) is 0 Å². The average Bonchev–Trinajstić information content (AvgIpc) is 2.60. The SMILES string of the molecule is CC1(CC(=O)OC[C@H](N)C(=O)O)OCCO1. The van der Waals surface area contributed by atoms with E-state index in [4.69, 9.17) is 20.3 Å². The van der Waals surface area contributed by atoms with Crippen molar-refractivity contribution in [2.24, 2.45) is 5.73 Å². The Hall–Kier alpha value is -1.18. The molecule has 0 radical (unpaired) electrons. The molecule has 1 fully saturated rings. The van der Waals surface area contributed by atoms with Gasteiger partial charge in [0.25, 0.3) is 0 Å². The number of rotatable bonds is 5. The van der Waals surface area contributed by atoms with E-state index in [9.17, 15) is 9.59 Å². The number of ether oxygens (including phenoxy) is 3. The summed E-state index contributed by atoms with van der Waals surface area (Å²) in [4.78, 5) is 21.7. The van der Waals surface area contributed by atoms with Crippen LogP contribution in [0.4, 0.5) is 0 Å². The molecule has 16 heavy (non-hydrogen) atoms. The number of carbonyl (C=O) groups is 2. The van der Waals surface area contributed by atoms with Gasteiger partial charge in [-0.25, -0.2) is 0 Å². The van der Waals surface area contributed by atoms with Crippen molar-refractivity contribution in [1.82, 2.24) is 0 Å². The van der Waals surface area contributed by atoms with E-state index in [0.29, 0.717) is 13.2 Å². The number of aliphatic carboxylic acids is 1. The van der Waals surface area contributed by atoms with Crippen LogP contribution in [-0.2, 0) is 23.8 Å². The molecule has 0 aliphatic carbocycles. The van der Waals surface area contributed by atoms with Gasteiger partial charge in [-0.2, -0.15) is 0 Å². The Bertz CT molecular complexity index is 273. The van der Waals surface area contributed by atoms with Crippen LogP contribution in [0.15, 0.2) is 0 Å². The van der Waals surface area contributed by atoms with Crippen molar-refractivity contribution in [2.45, 2.75) is 25.2 Å². The van der Waals surface area contributed by atoms with E-state index in [1.807, 2.05) is 0 Å². The van der Waals surface area contributed by atoms with Gasteiger partial charge in [0.15, 0.2) is 5.79 Å². The summed E-state index contributed by atoms with van der Waals surface area (Å²) in [5.74, 6) is -2.78. The van der Waals surface area contributed by atoms with Gasteiger partial charge in [-0.15, -0.1) is 0 Å². The van der Waals surface area contributed by atoms with Gasteiger partial charge in [0.2, 0.25) is 0 Å². The molecule has 1 aliphatic heterocycles. The van der Waals surface area contributed by atoms with Gasteiger partial charge < -0.3 is 25.1 Å². The fourth-order valence-electron chi connectivity index (χ4n) is 1.23. The second-order valence-electron chi connectivity index (χ2n) is 3.64. The van der Waals surface area contributed by atoms with Crippen LogP contribution in [-0.4, -0.2) is 48.7 Å². The van der Waals surface area contributed by atoms with Crippen LogP contribution in [0.5, 0.6) is 0 Å². The molecule has 0 aromatic heterocycles. The first kappa shape index (κ1) is 12.9. The first-order chi connectivity index (χ1) is 7.43. The molecule has 0 aromatic rings. The molecule has 1 saturated heterocycles. The molecular formula is C9H15NO6. The molecule has 7 nitrogen and oxygen atoms in total. The highest BCUT2D eigenvalue weighted by Gasteiger charge is 2.34. The summed E-state index contributed by atoms with van der Waals surface area (Å²) in [6.45, 7) is 2.12. The van der Waals surface area contributed by atoms with E-state index in [1.54, 1.807) is 6.92 Å². The minimum atomic E-state index is -1.22. The van der Waals surface area contributed by atoms with Gasteiger partial charge in [-0.1, -0.05) is 0 Å². The standard InChI is InChI=1S/C9H15NO6/c1-9(15-2-3-16-9)4-7(11)14-5-6(10)8(12)13/h6H,2-5,10H2,1H3,(H,12,13)/t6-/m0/s1. The van der Waals surface area contributed by atoms with Crippen molar-refractivity contribution >= 4 is 11.9 Å². The molecule has 0 bridgehead atoms. The third-order valence-electron chi connectivity index (χ3n) is 2.10. The lowest BCUT2D eigenvalue weighted by Gasteiger charge is -2.21. The molecule has 3 N–H and O–H groups in total. The minimum Gasteiger partial charge on any atom is -0.480 e. The largest absolute Gasteiger partial charge is 0.480 e. The molecule has 0 amide bonds. The quantitative estimate of drug-likeness (QED) is 0.592. The maximum atomic E-state index is 11.3. The van der Waals surface area contributed by atoms with Crippen LogP contribution in [0.1, 0.15) is 13.3 Å². The number of carboxylic acids is 1. The van der Waals surface area contributed by atoms with E-state index in [0.717, 1.165) is 0 Å². The smallest absolute Gasteiger partial charge is 0.324 e. The Labute approximate surface area is 92.5 Å². The summed E-state index contributed by atoms with van der Waals surface area (Å²) in [7, 11) is 0. The fraction of sp³-hybridized carbons (Fsp3) is 0.778. The second kappa shape index (κ2) is 5.24. The second-order valence-corrected chi connectivity index (χ2v) is 3.64. The topological polar surface area (TPSA) is 108 Å². The lowest BCUT2D eigenvalue weighted by Crippen LogP contribution is -2.37. The van der Waals surface area contributed by atoms with Gasteiger partial charge in [0.1, 0.15) is 12.6 Å². The van der Waals surface area contributed by atoms with E-state index < -0.39 is 23.8 Å². The molecule has 1 heterocycles. The van der Waals surface area contributed by atoms with Crippen molar-refractivity contribution in [2.75, 3.05) is 19.8 Å². The highest BCUT2D eigenvalue weighted by Crippen LogP contribution is 2.22. The Morgan fingerprint density at radius 2 is 2.06 bits per heavy atom. The first-order valence-corrected chi connectivity index (χ1v) is 4.85. The van der Waals surface area contributed by atoms with Crippen molar-refractivity contribution in [3.05, 3.63) is 0 Å². The number of hydrogen-bond acceptors (Lipinski definition) is 6. The molecule has 92 valence electrons. The third-order valence-corrected chi connectivity index (χ3v) is 2.10. The summed E-state index contributed by atoms with van der Waals surface area (Å²) in [6, 6.07) is -1.21. The highest BCUT2D eigenvalue weighted by atomic mass is 16.7. The van der Waals surface area contributed by atoms with E-state index in [1.165, 1.54) is 0 Å². The molecule has 1 rings (SSSR count). The third kappa shape index (κ3) is 3.76. The fourth-order valence-corrected chi connectivity index (χ4v) is 1.23. The first-order valence-electron chi connectivity index (χ1n) is 4.85. The van der Waals surface area contributed by atoms with Crippen LogP contribution in [0.2, 0.25) is 0 Å². The molecular weight excluding hydrogens is 218 g/mol. The zero-order valence-corrected chi connectivity index (χ0v) is 8.97. The number of nitrogens with two attached hydrogens (primary N) is 1. The van der Waals surface area contributed by atoms with Gasteiger partial charge in [-0.05, 0) is 6.92 Å². The molecule has 0 unspecified atom stereocenters. The summed E-state index contributed by atoms with van der Waals surface area (Å²) in [5.41, 5.74) is 5.17. The summed E-state index contributed by atoms with van der Waals surface area (Å²) < 4.78 is 15.1. The lowest BCUT2D eigenvalue weighted by molar-refractivity contribution is -0.175. The molecule has 1 atom stereocenters. The monoisotopic (exact) mass is 233 g/mol. The molecule has 0 saturated carbocycles. The molecule has 1 aliphatic rings. The van der Waals surface area contributed by atoms with Crippen molar-refractivity contribution in [1.29, 1.82) is 0 Å². The van der Waals surface area contributed by atoms with Gasteiger partial charge >= 0.3 is 11.9 Å². The van der Waals surface area contributed by atoms with Gasteiger partial charge in [-0.3, -0.25) is 9.59 Å². The lowest BCUT2D eigenvalue weighted by atomic mass is 10.2. The predicted octanol–water partition coefficient (Wildman–Crippen LogP) is -0.905. The van der Waals surface area contributed by atoms with Crippen molar-refractivity contribution in [3.63, 3.8) is 0 Å². The molecule has 7 heteroatoms. The van der Waals surface area contributed by atoms with E-state index in [2.05, 4.69) is 4.74 Å². The van der Waals surface area contributed by atoms with E-state index in [-0.39, 0.29) is 13.0 Å². The zero-order valence-electron chi connectivity index (χ0n) is 8.97. The number of carboxylic acid groups (broad SMARTS) is 1. The molecule has 0 aromatic carbocycles. The van der Waals surface area contributed by atoms with Crippen LogP contribution in [0.25, 0.3) is 0 Å². The van der Waals surface area contributed by atoms with Gasteiger partial charge in [0.05, 0.1) is 19.6 Å². The Kier molecular flexibility index (Phi) is 4.22. The minimum absolute atomic E-state index is 0.0840. The van der Waals surface area contributed by atoms with Crippen LogP contribution in [0.3, 0.4) is 0 Å². The number of hydrogen-bond donors (Lipinski definition) is 2. The highest BCUT2D eigenvalue weighted by molar-refractivity contribution is 5.74. The van der Waals surface area contributed by atoms with Crippen LogP contribution < -0.4 is 5.73 Å². The number of esters is 1. The summed E-state index contributed by atoms with van der Waals surface area (Å²) in [5, 5.41) is 8.46. The van der Waals surface area contributed by atoms with Crippen molar-refractivity contribution in [3.8, 4) is 0 Å². The molecule has 0 spiro atoms. The summed E-state index contributed by atoms with van der Waals surface area (Å²) >= 11 is 0. The number of carbonyl (C=O) groups excluding carboxylic acids is 1.